The molecule has 0 spiro atoms. The van der Waals surface area contributed by atoms with Gasteiger partial charge in [0.25, 0.3) is 0 Å². The fraction of sp³-hybridized carbons (Fsp3) is 0.448. The zero-order chi connectivity index (χ0) is 30.2. The summed E-state index contributed by atoms with van der Waals surface area (Å²) in [4.78, 5) is 10.6. The molecule has 1 aromatic heterocycles. The average Bonchev–Trinajstić information content (AvgIpc) is 3.29. The molecule has 0 radical (unpaired) electrons. The minimum atomic E-state index is -4.68. The number of hydrogen-bond acceptors (Lipinski definition) is 8. The number of halogens is 3. The van der Waals surface area contributed by atoms with E-state index in [2.05, 4.69) is 25.5 Å². The molecular formula is C29H35F3N6O3S. The van der Waals surface area contributed by atoms with E-state index in [0.717, 1.165) is 61.0 Å². The molecule has 42 heavy (non-hydrogen) atoms. The first-order valence-corrected chi connectivity index (χ1v) is 15.6. The van der Waals surface area contributed by atoms with E-state index in [-0.39, 0.29) is 18.1 Å². The Hall–Kier alpha value is -3.42. The van der Waals surface area contributed by atoms with Gasteiger partial charge in [0.15, 0.2) is 0 Å². The van der Waals surface area contributed by atoms with Gasteiger partial charge in [-0.2, -0.15) is 17.5 Å². The predicted octanol–water partition coefficient (Wildman–Crippen LogP) is 4.31. The lowest BCUT2D eigenvalue weighted by Crippen LogP contribution is -2.43. The number of ether oxygens (including phenoxy) is 1. The van der Waals surface area contributed by atoms with E-state index in [9.17, 15) is 21.6 Å². The summed E-state index contributed by atoms with van der Waals surface area (Å²) in [7, 11) is -0.622. The Balaban J connectivity index is 1.48. The van der Waals surface area contributed by atoms with Gasteiger partial charge in [0.2, 0.25) is 16.0 Å². The number of benzene rings is 2. The van der Waals surface area contributed by atoms with E-state index in [0.29, 0.717) is 17.9 Å². The predicted molar refractivity (Wildman–Crippen MR) is 156 cm³/mol. The van der Waals surface area contributed by atoms with Gasteiger partial charge in [-0.25, -0.2) is 18.4 Å². The third-order valence-corrected chi connectivity index (χ3v) is 9.34. The number of nitrogens with zero attached hydrogens (tertiary/aromatic N) is 4. The highest BCUT2D eigenvalue weighted by Crippen LogP contribution is 2.44. The van der Waals surface area contributed by atoms with Crippen molar-refractivity contribution in [3.05, 3.63) is 70.5 Å². The van der Waals surface area contributed by atoms with E-state index in [1.165, 1.54) is 18.5 Å². The van der Waals surface area contributed by atoms with Crippen molar-refractivity contribution in [2.45, 2.75) is 32.0 Å². The molecule has 1 aliphatic carbocycles. The summed E-state index contributed by atoms with van der Waals surface area (Å²) in [5, 5.41) is 6.39. The van der Waals surface area contributed by atoms with E-state index < -0.39 is 33.7 Å². The van der Waals surface area contributed by atoms with Crippen LogP contribution < -0.4 is 20.3 Å². The molecule has 2 heterocycles. The second-order valence-corrected chi connectivity index (χ2v) is 12.9. The van der Waals surface area contributed by atoms with Crippen molar-refractivity contribution in [3.63, 3.8) is 0 Å². The van der Waals surface area contributed by atoms with Crippen molar-refractivity contribution >= 4 is 27.3 Å². The molecule has 9 nitrogen and oxygen atoms in total. The fourth-order valence-electron chi connectivity index (χ4n) is 5.97. The Kier molecular flexibility index (Phi) is 8.37. The van der Waals surface area contributed by atoms with Crippen molar-refractivity contribution < 1.29 is 26.3 Å². The van der Waals surface area contributed by atoms with Crippen LogP contribution in [0.25, 0.3) is 0 Å². The fourth-order valence-corrected chi connectivity index (χ4v) is 6.67. The SMILES string of the molecule is COc1cc(N2CCNCC2)c(C)cc1Nc1ncc(C(F)(F)F)c(C[C@@H]2Cc3ccccc3[C@H]2N(C)S(C)(=O)=O)n1. The molecule has 0 saturated carbocycles. The van der Waals surface area contributed by atoms with Crippen LogP contribution in [0, 0.1) is 12.8 Å². The topological polar surface area (TPSA) is 99.7 Å². The summed E-state index contributed by atoms with van der Waals surface area (Å²) >= 11 is 0. The monoisotopic (exact) mass is 604 g/mol. The number of nitrogens with one attached hydrogen (secondary N) is 2. The third kappa shape index (κ3) is 6.18. The molecule has 1 fully saturated rings. The molecule has 3 aromatic rings. The van der Waals surface area contributed by atoms with Crippen LogP contribution in [-0.2, 0) is 29.0 Å². The summed E-state index contributed by atoms with van der Waals surface area (Å²) in [6, 6.07) is 10.5. The van der Waals surface area contributed by atoms with Crippen molar-refractivity contribution in [1.82, 2.24) is 19.6 Å². The van der Waals surface area contributed by atoms with Crippen molar-refractivity contribution in [2.75, 3.05) is 56.8 Å². The Bertz CT molecular complexity index is 1560. The summed E-state index contributed by atoms with van der Waals surface area (Å²) in [6.07, 6.45) is -2.47. The summed E-state index contributed by atoms with van der Waals surface area (Å²) < 4.78 is 74.3. The molecular weight excluding hydrogens is 569 g/mol. The maximum atomic E-state index is 14.1. The molecule has 0 bridgehead atoms. The maximum absolute atomic E-state index is 14.1. The minimum absolute atomic E-state index is 0.00542. The number of sulfonamides is 1. The van der Waals surface area contributed by atoms with E-state index in [1.807, 2.05) is 37.3 Å². The molecule has 5 rings (SSSR count). The minimum Gasteiger partial charge on any atom is -0.494 e. The number of methoxy groups -OCH3 is 1. The van der Waals surface area contributed by atoms with Crippen LogP contribution in [0.5, 0.6) is 5.75 Å². The summed E-state index contributed by atoms with van der Waals surface area (Å²) in [5.41, 5.74) is 3.09. The van der Waals surface area contributed by atoms with Gasteiger partial charge in [-0.3, -0.25) is 0 Å². The Morgan fingerprint density at radius 3 is 2.57 bits per heavy atom. The standard InChI is InChI=1S/C29H35F3N6O3S/c1-18-13-24(26(41-3)16-25(18)38-11-9-33-10-12-38)36-28-34-17-22(29(30,31)32)23(35-28)15-20-14-19-7-5-6-8-21(19)27(20)37(2)42(4,39)40/h5-8,13,16-17,20,27,33H,9-12,14-15H2,1-4H3,(H,34,35,36)/t20-,27-/m0/s1. The molecule has 2 aliphatic rings. The van der Waals surface area contributed by atoms with Gasteiger partial charge < -0.3 is 20.3 Å². The lowest BCUT2D eigenvalue weighted by molar-refractivity contribution is -0.138. The third-order valence-electron chi connectivity index (χ3n) is 8.07. The first-order valence-electron chi connectivity index (χ1n) is 13.7. The Morgan fingerprint density at radius 2 is 1.90 bits per heavy atom. The summed E-state index contributed by atoms with van der Waals surface area (Å²) in [5.74, 6) is 0.0514. The van der Waals surface area contributed by atoms with Crippen LogP contribution in [0.2, 0.25) is 0 Å². The molecule has 1 aliphatic heterocycles. The number of anilines is 3. The van der Waals surface area contributed by atoms with Crippen LogP contribution in [0.3, 0.4) is 0 Å². The summed E-state index contributed by atoms with van der Waals surface area (Å²) in [6.45, 7) is 5.41. The molecule has 2 N–H and O–H groups in total. The van der Waals surface area contributed by atoms with E-state index in [4.69, 9.17) is 4.74 Å². The number of piperazine rings is 1. The van der Waals surface area contributed by atoms with Gasteiger partial charge in [0, 0.05) is 51.2 Å². The van der Waals surface area contributed by atoms with Crippen LogP contribution in [0.15, 0.2) is 42.6 Å². The van der Waals surface area contributed by atoms with Crippen molar-refractivity contribution in [1.29, 1.82) is 0 Å². The molecule has 0 amide bonds. The van der Waals surface area contributed by atoms with Crippen molar-refractivity contribution in [3.8, 4) is 5.75 Å². The number of rotatable bonds is 8. The first kappa shape index (κ1) is 30.1. The van der Waals surface area contributed by atoms with Gasteiger partial charge >= 0.3 is 6.18 Å². The lowest BCUT2D eigenvalue weighted by atomic mass is 9.93. The highest BCUT2D eigenvalue weighted by atomic mass is 32.2. The zero-order valence-electron chi connectivity index (χ0n) is 24.0. The van der Waals surface area contributed by atoms with E-state index in [1.54, 1.807) is 6.07 Å². The Morgan fingerprint density at radius 1 is 1.19 bits per heavy atom. The number of aromatic nitrogens is 2. The number of fused-ring (bicyclic) bond motifs is 1. The molecule has 0 unspecified atom stereocenters. The van der Waals surface area contributed by atoms with Gasteiger partial charge in [0.1, 0.15) is 5.75 Å². The van der Waals surface area contributed by atoms with Crippen LogP contribution in [0.4, 0.5) is 30.5 Å². The van der Waals surface area contributed by atoms with Crippen LogP contribution in [-0.4, -0.2) is 69.3 Å². The molecule has 13 heteroatoms. The van der Waals surface area contributed by atoms with Gasteiger partial charge in [-0.05, 0) is 48.4 Å². The molecule has 226 valence electrons. The normalized spacial score (nSPS) is 19.2. The van der Waals surface area contributed by atoms with Crippen LogP contribution in [0.1, 0.15) is 34.0 Å². The zero-order valence-corrected chi connectivity index (χ0v) is 24.8. The maximum Gasteiger partial charge on any atom is 0.419 e. The Labute approximate surface area is 244 Å². The quantitative estimate of drug-likeness (QED) is 0.393. The molecule has 1 saturated heterocycles. The highest BCUT2D eigenvalue weighted by molar-refractivity contribution is 7.88. The molecule has 2 atom stereocenters. The largest absolute Gasteiger partial charge is 0.494 e. The lowest BCUT2D eigenvalue weighted by Gasteiger charge is -2.31. The van der Waals surface area contributed by atoms with Crippen LogP contribution >= 0.6 is 0 Å². The van der Waals surface area contributed by atoms with Gasteiger partial charge in [0.05, 0.1) is 36.4 Å². The number of alkyl halides is 3. The van der Waals surface area contributed by atoms with Gasteiger partial charge in [-0.1, -0.05) is 24.3 Å². The smallest absolute Gasteiger partial charge is 0.419 e. The number of aryl methyl sites for hydroxylation is 1. The van der Waals surface area contributed by atoms with Crippen molar-refractivity contribution in [2.24, 2.45) is 5.92 Å². The second kappa shape index (κ2) is 11.7. The first-order chi connectivity index (χ1) is 19.9. The highest BCUT2D eigenvalue weighted by Gasteiger charge is 2.41. The average molecular weight is 605 g/mol. The second-order valence-electron chi connectivity index (χ2n) is 10.8. The van der Waals surface area contributed by atoms with Gasteiger partial charge in [-0.15, -0.1) is 0 Å². The number of hydrogen-bond donors (Lipinski definition) is 2. The molecule has 2 aromatic carbocycles. The van der Waals surface area contributed by atoms with E-state index >= 15 is 0 Å².